The highest BCUT2D eigenvalue weighted by molar-refractivity contribution is 5.34. The topological polar surface area (TPSA) is 3.24 Å². The summed E-state index contributed by atoms with van der Waals surface area (Å²) in [6, 6.07) is 8.95. The van der Waals surface area contributed by atoms with E-state index in [1.807, 2.05) is 0 Å². The molecule has 1 heteroatoms. The molecule has 1 aliphatic heterocycles. The molecule has 88 valence electrons. The molecule has 1 heterocycles. The first-order valence-corrected chi connectivity index (χ1v) is 6.32. The summed E-state index contributed by atoms with van der Waals surface area (Å²) < 4.78 is 0. The van der Waals surface area contributed by atoms with Crippen molar-refractivity contribution in [3.8, 4) is 0 Å². The molecule has 0 aromatic heterocycles. The third-order valence-corrected chi connectivity index (χ3v) is 3.76. The lowest BCUT2D eigenvalue weighted by atomic mass is 9.73. The van der Waals surface area contributed by atoms with Crippen molar-refractivity contribution >= 4 is 0 Å². The van der Waals surface area contributed by atoms with Gasteiger partial charge in [-0.15, -0.1) is 0 Å². The number of nitrogens with zero attached hydrogens (tertiary/aromatic N) is 1. The minimum atomic E-state index is 0.351. The molecule has 0 N–H and O–H groups in total. The van der Waals surface area contributed by atoms with Crippen molar-refractivity contribution in [2.24, 2.45) is 5.41 Å². The van der Waals surface area contributed by atoms with Crippen LogP contribution < -0.4 is 0 Å². The molecule has 0 amide bonds. The second-order valence-electron chi connectivity index (χ2n) is 5.95. The van der Waals surface area contributed by atoms with Crippen molar-refractivity contribution in [3.05, 3.63) is 35.4 Å². The molecule has 0 aliphatic carbocycles. The fourth-order valence-electron chi connectivity index (χ4n) is 2.66. The smallest absolute Gasteiger partial charge is 0.0236 e. The van der Waals surface area contributed by atoms with Gasteiger partial charge in [0.25, 0.3) is 0 Å². The molecule has 0 bridgehead atoms. The van der Waals surface area contributed by atoms with Crippen molar-refractivity contribution in [2.75, 3.05) is 13.1 Å². The van der Waals surface area contributed by atoms with E-state index < -0.39 is 0 Å². The Morgan fingerprint density at radius 3 is 2.56 bits per heavy atom. The molecular weight excluding hydrogens is 194 g/mol. The Hall–Kier alpha value is -0.820. The van der Waals surface area contributed by atoms with Gasteiger partial charge in [-0.05, 0) is 23.1 Å². The van der Waals surface area contributed by atoms with E-state index in [0.29, 0.717) is 11.3 Å². The van der Waals surface area contributed by atoms with Gasteiger partial charge in [-0.1, -0.05) is 52.0 Å². The highest BCUT2D eigenvalue weighted by atomic mass is 15.1. The molecule has 0 fully saturated rings. The molecule has 1 aliphatic rings. The van der Waals surface area contributed by atoms with Crippen LogP contribution in [-0.2, 0) is 6.54 Å². The number of hydrogen-bond acceptors (Lipinski definition) is 1. The summed E-state index contributed by atoms with van der Waals surface area (Å²) in [4.78, 5) is 2.55. The zero-order chi connectivity index (χ0) is 11.8. The van der Waals surface area contributed by atoms with Gasteiger partial charge in [-0.3, -0.25) is 4.90 Å². The maximum absolute atomic E-state index is 2.55. The predicted molar refractivity (Wildman–Crippen MR) is 69.6 cm³/mol. The van der Waals surface area contributed by atoms with Crippen LogP contribution in [0, 0.1) is 5.41 Å². The SMILES string of the molecule is CCN1Cc2ccccc2C(C(C)(C)C)C1. The summed E-state index contributed by atoms with van der Waals surface area (Å²) in [5, 5.41) is 0. The van der Waals surface area contributed by atoms with Crippen LogP contribution in [0.5, 0.6) is 0 Å². The number of fused-ring (bicyclic) bond motifs is 1. The van der Waals surface area contributed by atoms with E-state index in [0.717, 1.165) is 13.1 Å². The average molecular weight is 217 g/mol. The van der Waals surface area contributed by atoms with Gasteiger partial charge >= 0.3 is 0 Å². The maximum atomic E-state index is 2.55. The van der Waals surface area contributed by atoms with E-state index in [1.54, 1.807) is 5.56 Å². The van der Waals surface area contributed by atoms with E-state index in [2.05, 4.69) is 56.9 Å². The second-order valence-corrected chi connectivity index (χ2v) is 5.95. The molecule has 0 saturated carbocycles. The van der Waals surface area contributed by atoms with Crippen LogP contribution >= 0.6 is 0 Å². The van der Waals surface area contributed by atoms with Gasteiger partial charge in [0.05, 0.1) is 0 Å². The highest BCUT2D eigenvalue weighted by Crippen LogP contribution is 2.40. The first-order chi connectivity index (χ1) is 7.52. The van der Waals surface area contributed by atoms with Crippen LogP contribution in [0.3, 0.4) is 0 Å². The highest BCUT2D eigenvalue weighted by Gasteiger charge is 2.32. The minimum absolute atomic E-state index is 0.351. The number of benzene rings is 1. The van der Waals surface area contributed by atoms with Crippen LogP contribution in [0.15, 0.2) is 24.3 Å². The third-order valence-electron chi connectivity index (χ3n) is 3.76. The lowest BCUT2D eigenvalue weighted by Gasteiger charge is -2.40. The molecule has 1 aromatic rings. The van der Waals surface area contributed by atoms with Crippen molar-refractivity contribution in [2.45, 2.75) is 40.2 Å². The Bertz CT molecular complexity index is 362. The molecule has 1 nitrogen and oxygen atoms in total. The van der Waals surface area contributed by atoms with Crippen LogP contribution in [0.25, 0.3) is 0 Å². The Kier molecular flexibility index (Phi) is 3.07. The summed E-state index contributed by atoms with van der Waals surface area (Å²) in [7, 11) is 0. The Morgan fingerprint density at radius 1 is 1.25 bits per heavy atom. The second kappa shape index (κ2) is 4.21. The summed E-state index contributed by atoms with van der Waals surface area (Å²) in [5.41, 5.74) is 3.44. The largest absolute Gasteiger partial charge is 0.299 e. The van der Waals surface area contributed by atoms with E-state index >= 15 is 0 Å². The van der Waals surface area contributed by atoms with E-state index in [4.69, 9.17) is 0 Å². The molecule has 0 saturated heterocycles. The quantitative estimate of drug-likeness (QED) is 0.694. The van der Waals surface area contributed by atoms with Gasteiger partial charge < -0.3 is 0 Å². The fourth-order valence-corrected chi connectivity index (χ4v) is 2.66. The van der Waals surface area contributed by atoms with Crippen molar-refractivity contribution in [1.29, 1.82) is 0 Å². The van der Waals surface area contributed by atoms with Crippen molar-refractivity contribution in [1.82, 2.24) is 4.90 Å². The maximum Gasteiger partial charge on any atom is 0.0236 e. The summed E-state index contributed by atoms with van der Waals surface area (Å²) in [6.07, 6.45) is 0. The third kappa shape index (κ3) is 2.15. The monoisotopic (exact) mass is 217 g/mol. The average Bonchev–Trinajstić information content (AvgIpc) is 2.26. The van der Waals surface area contributed by atoms with Gasteiger partial charge in [0, 0.05) is 19.0 Å². The Labute approximate surface area is 99.5 Å². The molecule has 1 aromatic carbocycles. The van der Waals surface area contributed by atoms with Crippen LogP contribution in [-0.4, -0.2) is 18.0 Å². The normalized spacial score (nSPS) is 21.9. The van der Waals surface area contributed by atoms with Gasteiger partial charge in [-0.2, -0.15) is 0 Å². The van der Waals surface area contributed by atoms with Gasteiger partial charge in [-0.25, -0.2) is 0 Å². The van der Waals surface area contributed by atoms with Crippen LogP contribution in [0.4, 0.5) is 0 Å². The fraction of sp³-hybridized carbons (Fsp3) is 0.600. The predicted octanol–water partition coefficient (Wildman–Crippen LogP) is 3.65. The Morgan fingerprint density at radius 2 is 1.94 bits per heavy atom. The first-order valence-electron chi connectivity index (χ1n) is 6.32. The molecule has 0 radical (unpaired) electrons. The Balaban J connectivity index is 2.39. The molecular formula is C15H23N. The summed E-state index contributed by atoms with van der Waals surface area (Å²) in [6.45, 7) is 12.8. The number of rotatable bonds is 1. The molecule has 2 rings (SSSR count). The van der Waals surface area contributed by atoms with E-state index in [9.17, 15) is 0 Å². The van der Waals surface area contributed by atoms with Crippen molar-refractivity contribution < 1.29 is 0 Å². The molecule has 1 atom stereocenters. The lowest BCUT2D eigenvalue weighted by molar-refractivity contribution is 0.178. The van der Waals surface area contributed by atoms with Crippen molar-refractivity contribution in [3.63, 3.8) is 0 Å². The molecule has 1 unspecified atom stereocenters. The zero-order valence-electron chi connectivity index (χ0n) is 11.0. The van der Waals surface area contributed by atoms with Crippen LogP contribution in [0.2, 0.25) is 0 Å². The molecule has 16 heavy (non-hydrogen) atoms. The van der Waals surface area contributed by atoms with Gasteiger partial charge in [0.2, 0.25) is 0 Å². The summed E-state index contributed by atoms with van der Waals surface area (Å²) >= 11 is 0. The van der Waals surface area contributed by atoms with E-state index in [1.165, 1.54) is 12.1 Å². The summed E-state index contributed by atoms with van der Waals surface area (Å²) in [5.74, 6) is 0.664. The first kappa shape index (κ1) is 11.7. The minimum Gasteiger partial charge on any atom is -0.299 e. The number of hydrogen-bond donors (Lipinski definition) is 0. The standard InChI is InChI=1S/C15H23N/c1-5-16-10-12-8-6-7-9-13(12)14(11-16)15(2,3)4/h6-9,14H,5,10-11H2,1-4H3. The van der Waals surface area contributed by atoms with Crippen LogP contribution in [0.1, 0.15) is 44.7 Å². The van der Waals surface area contributed by atoms with E-state index in [-0.39, 0.29) is 0 Å². The molecule has 0 spiro atoms. The zero-order valence-corrected chi connectivity index (χ0v) is 11.0. The number of likely N-dealkylation sites (N-methyl/N-ethyl adjacent to an activating group) is 1. The lowest BCUT2D eigenvalue weighted by Crippen LogP contribution is -2.38. The van der Waals surface area contributed by atoms with Gasteiger partial charge in [0.15, 0.2) is 0 Å². The van der Waals surface area contributed by atoms with Gasteiger partial charge in [0.1, 0.15) is 0 Å².